The van der Waals surface area contributed by atoms with Gasteiger partial charge in [-0.25, -0.2) is 13.6 Å². The standard InChI is InChI=1S/C27H26F2N4O2/c28-21-8-4-19(5-9-21)27(20-6-10-22(29)11-7-20)17-33(26(35)32-27)16-23(18-12-14-30-15-18)25(34)24-3-1-2-13-31-24/h1-11,13,18,23,30H,12,14-17H2,(H,32,35). The van der Waals surface area contributed by atoms with Crippen LogP contribution in [0.25, 0.3) is 0 Å². The lowest BCUT2D eigenvalue weighted by molar-refractivity contribution is 0.0840. The van der Waals surface area contributed by atoms with Crippen molar-refractivity contribution in [3.63, 3.8) is 0 Å². The highest BCUT2D eigenvalue weighted by molar-refractivity contribution is 5.96. The maximum absolute atomic E-state index is 13.7. The molecule has 8 heteroatoms. The number of aromatic nitrogens is 1. The Morgan fingerprint density at radius 1 is 1.03 bits per heavy atom. The number of pyridine rings is 1. The fraction of sp³-hybridized carbons (Fsp3) is 0.296. The van der Waals surface area contributed by atoms with E-state index >= 15 is 0 Å². The SMILES string of the molecule is O=C(c1ccccn1)C(CN1CC(c2ccc(F)cc2)(c2ccc(F)cc2)NC1=O)C1CCNC1. The van der Waals surface area contributed by atoms with E-state index in [9.17, 15) is 18.4 Å². The van der Waals surface area contributed by atoms with Gasteiger partial charge in [-0.2, -0.15) is 0 Å². The molecule has 0 aliphatic carbocycles. The number of nitrogens with zero attached hydrogens (tertiary/aromatic N) is 2. The molecule has 0 radical (unpaired) electrons. The summed E-state index contributed by atoms with van der Waals surface area (Å²) in [6, 6.07) is 16.8. The Kier molecular flexibility index (Phi) is 6.30. The molecule has 1 aromatic heterocycles. The number of benzene rings is 2. The number of amides is 2. The zero-order valence-electron chi connectivity index (χ0n) is 19.1. The van der Waals surface area contributed by atoms with Gasteiger partial charge in [-0.15, -0.1) is 0 Å². The third-order valence-electron chi connectivity index (χ3n) is 7.05. The van der Waals surface area contributed by atoms with Crippen molar-refractivity contribution in [1.29, 1.82) is 0 Å². The molecule has 2 unspecified atom stereocenters. The molecule has 2 aromatic carbocycles. The van der Waals surface area contributed by atoms with Gasteiger partial charge in [0.15, 0.2) is 5.78 Å². The summed E-state index contributed by atoms with van der Waals surface area (Å²) in [5.74, 6) is -1.22. The summed E-state index contributed by atoms with van der Waals surface area (Å²) in [6.07, 6.45) is 2.42. The molecular formula is C27H26F2N4O2. The number of hydrogen-bond acceptors (Lipinski definition) is 4. The first-order valence-corrected chi connectivity index (χ1v) is 11.7. The monoisotopic (exact) mass is 476 g/mol. The molecule has 0 bridgehead atoms. The zero-order chi connectivity index (χ0) is 24.4. The summed E-state index contributed by atoms with van der Waals surface area (Å²) < 4.78 is 27.4. The molecular weight excluding hydrogens is 450 g/mol. The van der Waals surface area contributed by atoms with Gasteiger partial charge in [-0.1, -0.05) is 30.3 Å². The predicted molar refractivity (Wildman–Crippen MR) is 127 cm³/mol. The molecule has 180 valence electrons. The molecule has 3 aromatic rings. The Bertz CT molecular complexity index is 1150. The molecule has 2 atom stereocenters. The van der Waals surface area contributed by atoms with Gasteiger partial charge in [0.1, 0.15) is 22.9 Å². The molecule has 0 saturated carbocycles. The summed E-state index contributed by atoms with van der Waals surface area (Å²) in [5.41, 5.74) is 0.727. The Hall–Kier alpha value is -3.65. The van der Waals surface area contributed by atoms with Crippen LogP contribution in [0.2, 0.25) is 0 Å². The second-order valence-electron chi connectivity index (χ2n) is 9.17. The quantitative estimate of drug-likeness (QED) is 0.510. The largest absolute Gasteiger partial charge is 0.323 e. The minimum absolute atomic E-state index is 0.0731. The molecule has 6 nitrogen and oxygen atoms in total. The molecule has 2 aliphatic heterocycles. The summed E-state index contributed by atoms with van der Waals surface area (Å²) in [5, 5.41) is 6.37. The Morgan fingerprint density at radius 2 is 1.69 bits per heavy atom. The minimum Gasteiger partial charge on any atom is -0.323 e. The van der Waals surface area contributed by atoms with Gasteiger partial charge in [0, 0.05) is 18.7 Å². The number of halogens is 2. The summed E-state index contributed by atoms with van der Waals surface area (Å²) in [4.78, 5) is 32.7. The third-order valence-corrected chi connectivity index (χ3v) is 7.05. The van der Waals surface area contributed by atoms with E-state index in [0.29, 0.717) is 23.4 Å². The first-order valence-electron chi connectivity index (χ1n) is 11.7. The van der Waals surface area contributed by atoms with Crippen LogP contribution in [0.3, 0.4) is 0 Å². The van der Waals surface area contributed by atoms with Gasteiger partial charge in [0.25, 0.3) is 0 Å². The van der Waals surface area contributed by atoms with Gasteiger partial charge >= 0.3 is 6.03 Å². The third kappa shape index (κ3) is 4.53. The smallest absolute Gasteiger partial charge is 0.318 e. The number of urea groups is 1. The normalized spacial score (nSPS) is 20.0. The van der Waals surface area contributed by atoms with Crippen LogP contribution in [-0.2, 0) is 5.54 Å². The van der Waals surface area contributed by atoms with Gasteiger partial charge in [-0.3, -0.25) is 9.78 Å². The van der Waals surface area contributed by atoms with Gasteiger partial charge in [-0.05, 0) is 73.0 Å². The molecule has 2 amide bonds. The number of carbonyl (C=O) groups excluding carboxylic acids is 2. The van der Waals surface area contributed by atoms with Crippen molar-refractivity contribution in [3.8, 4) is 0 Å². The van der Waals surface area contributed by atoms with Crippen LogP contribution < -0.4 is 10.6 Å². The number of hydrogen-bond donors (Lipinski definition) is 2. The lowest BCUT2D eigenvalue weighted by Gasteiger charge is -2.31. The van der Waals surface area contributed by atoms with Gasteiger partial charge in [0.05, 0.1) is 6.54 Å². The van der Waals surface area contributed by atoms with Gasteiger partial charge in [0.2, 0.25) is 0 Å². The average Bonchev–Trinajstić information content (AvgIpc) is 3.52. The van der Waals surface area contributed by atoms with E-state index in [1.165, 1.54) is 24.3 Å². The Morgan fingerprint density at radius 3 is 2.23 bits per heavy atom. The second kappa shape index (κ2) is 9.54. The van der Waals surface area contributed by atoms with Crippen molar-refractivity contribution in [2.24, 2.45) is 11.8 Å². The predicted octanol–water partition coefficient (Wildman–Crippen LogP) is 3.74. The van der Waals surface area contributed by atoms with Crippen LogP contribution in [0.5, 0.6) is 0 Å². The highest BCUT2D eigenvalue weighted by Gasteiger charge is 2.47. The van der Waals surface area contributed by atoms with Crippen molar-refractivity contribution in [2.45, 2.75) is 12.0 Å². The summed E-state index contributed by atoms with van der Waals surface area (Å²) in [6.45, 7) is 1.95. The van der Waals surface area contributed by atoms with Crippen molar-refractivity contribution in [2.75, 3.05) is 26.2 Å². The van der Waals surface area contributed by atoms with Crippen molar-refractivity contribution in [3.05, 3.63) is 101 Å². The average molecular weight is 477 g/mol. The number of rotatable bonds is 7. The van der Waals surface area contributed by atoms with E-state index in [4.69, 9.17) is 0 Å². The van der Waals surface area contributed by atoms with Crippen LogP contribution >= 0.6 is 0 Å². The van der Waals surface area contributed by atoms with Crippen molar-refractivity contribution < 1.29 is 18.4 Å². The van der Waals surface area contributed by atoms with Crippen LogP contribution in [-0.4, -0.2) is 47.9 Å². The van der Waals surface area contributed by atoms with Crippen molar-refractivity contribution >= 4 is 11.8 Å². The highest BCUT2D eigenvalue weighted by Crippen LogP contribution is 2.36. The number of ketones is 1. The Balaban J connectivity index is 1.48. The first kappa shape index (κ1) is 23.1. The van der Waals surface area contributed by atoms with Crippen molar-refractivity contribution in [1.82, 2.24) is 20.5 Å². The van der Waals surface area contributed by atoms with Crippen LogP contribution in [0, 0.1) is 23.5 Å². The summed E-state index contributed by atoms with van der Waals surface area (Å²) >= 11 is 0. The molecule has 3 heterocycles. The fourth-order valence-electron chi connectivity index (χ4n) is 5.17. The summed E-state index contributed by atoms with van der Waals surface area (Å²) in [7, 11) is 0. The van der Waals surface area contributed by atoms with E-state index < -0.39 is 11.5 Å². The topological polar surface area (TPSA) is 74.3 Å². The zero-order valence-corrected chi connectivity index (χ0v) is 19.1. The number of Topliss-reactive ketones (excluding diaryl/α,β-unsaturated/α-hetero) is 1. The molecule has 5 rings (SSSR count). The highest BCUT2D eigenvalue weighted by atomic mass is 19.1. The van der Waals surface area contributed by atoms with Crippen LogP contribution in [0.1, 0.15) is 28.0 Å². The molecule has 2 N–H and O–H groups in total. The lowest BCUT2D eigenvalue weighted by atomic mass is 9.82. The van der Waals surface area contributed by atoms with E-state index in [-0.39, 0.29) is 42.5 Å². The molecule has 0 spiro atoms. The van der Waals surface area contributed by atoms with E-state index in [0.717, 1.165) is 13.0 Å². The maximum Gasteiger partial charge on any atom is 0.318 e. The molecule has 35 heavy (non-hydrogen) atoms. The second-order valence-corrected chi connectivity index (χ2v) is 9.17. The van der Waals surface area contributed by atoms with Crippen LogP contribution in [0.4, 0.5) is 13.6 Å². The molecule has 2 aliphatic rings. The number of carbonyl (C=O) groups is 2. The number of nitrogens with one attached hydrogen (secondary N) is 2. The Labute approximate surface area is 202 Å². The minimum atomic E-state index is -1.01. The fourth-order valence-corrected chi connectivity index (χ4v) is 5.17. The maximum atomic E-state index is 13.7. The van der Waals surface area contributed by atoms with E-state index in [1.54, 1.807) is 53.6 Å². The van der Waals surface area contributed by atoms with Crippen LogP contribution in [0.15, 0.2) is 72.9 Å². The molecule has 2 saturated heterocycles. The lowest BCUT2D eigenvalue weighted by Crippen LogP contribution is -2.41. The van der Waals surface area contributed by atoms with Gasteiger partial charge < -0.3 is 15.5 Å². The van der Waals surface area contributed by atoms with E-state index in [2.05, 4.69) is 15.6 Å². The van der Waals surface area contributed by atoms with E-state index in [1.807, 2.05) is 0 Å². The molecule has 2 fully saturated rings. The first-order chi connectivity index (χ1) is 17.0.